The Morgan fingerprint density at radius 1 is 1.12 bits per heavy atom. The lowest BCUT2D eigenvalue weighted by Crippen LogP contribution is -2.19. The lowest BCUT2D eigenvalue weighted by atomic mass is 10.1. The third kappa shape index (κ3) is 5.46. The molecule has 206 valence electrons. The van der Waals surface area contributed by atoms with Crippen molar-refractivity contribution in [2.24, 2.45) is 7.05 Å². The number of carbonyl (C=O) groups excluding carboxylic acids is 1. The van der Waals surface area contributed by atoms with Crippen LogP contribution in [0.3, 0.4) is 0 Å². The van der Waals surface area contributed by atoms with Gasteiger partial charge in [0.15, 0.2) is 0 Å². The number of benzene rings is 2. The Balaban J connectivity index is 1.42. The molecule has 0 spiro atoms. The van der Waals surface area contributed by atoms with Crippen LogP contribution in [-0.4, -0.2) is 37.7 Å². The summed E-state index contributed by atoms with van der Waals surface area (Å²) < 4.78 is 49.8. The highest BCUT2D eigenvalue weighted by Crippen LogP contribution is 2.35. The van der Waals surface area contributed by atoms with Gasteiger partial charge in [-0.25, -0.2) is 4.68 Å². The van der Waals surface area contributed by atoms with Gasteiger partial charge in [-0.2, -0.15) is 18.3 Å². The Labute approximate surface area is 227 Å². The number of aromatic nitrogens is 5. The second-order valence-electron chi connectivity index (χ2n) is 9.47. The molecule has 3 heterocycles. The van der Waals surface area contributed by atoms with E-state index in [4.69, 9.17) is 4.42 Å². The minimum absolute atomic E-state index is 0.0124. The molecule has 5 aromatic rings. The van der Waals surface area contributed by atoms with Crippen LogP contribution in [0.15, 0.2) is 71.6 Å². The van der Waals surface area contributed by atoms with E-state index >= 15 is 0 Å². The van der Waals surface area contributed by atoms with Crippen molar-refractivity contribution in [3.8, 4) is 16.9 Å². The molecule has 2 aromatic carbocycles. The van der Waals surface area contributed by atoms with Gasteiger partial charge in [0.2, 0.25) is 0 Å². The smallest absolute Gasteiger partial charge is 0.416 e. The number of nitrogens with zero attached hydrogens (tertiary/aromatic N) is 6. The van der Waals surface area contributed by atoms with E-state index < -0.39 is 17.6 Å². The fourth-order valence-electron chi connectivity index (χ4n) is 4.25. The van der Waals surface area contributed by atoms with Crippen LogP contribution >= 0.6 is 0 Å². The first-order chi connectivity index (χ1) is 19.0. The molecule has 0 saturated heterocycles. The summed E-state index contributed by atoms with van der Waals surface area (Å²) in [6.07, 6.45) is 0.337. The number of amides is 1. The molecule has 0 radical (unpaired) electrons. The molecule has 0 saturated carbocycles. The van der Waals surface area contributed by atoms with E-state index in [0.717, 1.165) is 29.0 Å². The molecular weight excluding hydrogens is 523 g/mol. The van der Waals surface area contributed by atoms with Crippen LogP contribution in [0.25, 0.3) is 16.9 Å². The second-order valence-corrected chi connectivity index (χ2v) is 9.47. The fraction of sp³-hybridized carbons (Fsp3) is 0.214. The Morgan fingerprint density at radius 2 is 1.93 bits per heavy atom. The van der Waals surface area contributed by atoms with Crippen LogP contribution in [0, 0.1) is 13.8 Å². The summed E-state index contributed by atoms with van der Waals surface area (Å²) in [6, 6.07) is 11.9. The largest absolute Gasteiger partial charge is 0.467 e. The van der Waals surface area contributed by atoms with Crippen molar-refractivity contribution in [1.29, 1.82) is 0 Å². The molecule has 0 atom stereocenters. The number of aryl methyl sites for hydroxylation is 2. The Kier molecular flexibility index (Phi) is 6.92. The molecule has 9 nitrogen and oxygen atoms in total. The lowest BCUT2D eigenvalue weighted by molar-refractivity contribution is -0.137. The number of furan rings is 1. The van der Waals surface area contributed by atoms with Crippen LogP contribution in [0.1, 0.15) is 32.9 Å². The first-order valence-corrected chi connectivity index (χ1v) is 12.3. The van der Waals surface area contributed by atoms with E-state index in [0.29, 0.717) is 17.1 Å². The zero-order chi connectivity index (χ0) is 28.6. The van der Waals surface area contributed by atoms with Gasteiger partial charge in [0, 0.05) is 42.3 Å². The molecule has 1 N–H and O–H groups in total. The summed E-state index contributed by atoms with van der Waals surface area (Å²) in [4.78, 5) is 14.8. The summed E-state index contributed by atoms with van der Waals surface area (Å²) in [5.41, 5.74) is 3.47. The number of hydrogen-bond donors (Lipinski definition) is 1. The van der Waals surface area contributed by atoms with Gasteiger partial charge in [0.05, 0.1) is 36.5 Å². The van der Waals surface area contributed by atoms with Crippen molar-refractivity contribution in [3.05, 3.63) is 95.3 Å². The molecule has 0 aliphatic rings. The van der Waals surface area contributed by atoms with Gasteiger partial charge >= 0.3 is 6.18 Å². The van der Waals surface area contributed by atoms with Crippen molar-refractivity contribution in [2.45, 2.75) is 26.6 Å². The van der Waals surface area contributed by atoms with Crippen LogP contribution in [0.2, 0.25) is 0 Å². The van der Waals surface area contributed by atoms with E-state index in [1.54, 1.807) is 64.0 Å². The molecule has 1 amide bonds. The first kappa shape index (κ1) is 26.7. The fourth-order valence-corrected chi connectivity index (χ4v) is 4.25. The Hall–Kier alpha value is -4.87. The maximum atomic E-state index is 13.7. The maximum Gasteiger partial charge on any atom is 0.416 e. The highest BCUT2D eigenvalue weighted by Gasteiger charge is 2.32. The molecular formula is C28H26F3N7O2. The molecule has 40 heavy (non-hydrogen) atoms. The number of anilines is 2. The standard InChI is InChI=1S/C28H26F3N7O2/c1-17-7-8-19(10-26(17)38-16-25(34-35-38)24-14-32-37(4)18(24)2)27(39)33-21-11-20(28(29,30)31)12-22(13-21)36(3)15-23-6-5-9-40-23/h5-14,16H,15H2,1-4H3,(H,33,39). The van der Waals surface area contributed by atoms with Gasteiger partial charge in [-0.05, 0) is 61.9 Å². The van der Waals surface area contributed by atoms with Crippen LogP contribution in [-0.2, 0) is 19.8 Å². The van der Waals surface area contributed by atoms with Gasteiger partial charge in [-0.15, -0.1) is 5.10 Å². The normalized spacial score (nSPS) is 11.6. The average molecular weight is 550 g/mol. The van der Waals surface area contributed by atoms with E-state index in [9.17, 15) is 18.0 Å². The number of hydrogen-bond acceptors (Lipinski definition) is 6. The van der Waals surface area contributed by atoms with Gasteiger partial charge < -0.3 is 14.6 Å². The van der Waals surface area contributed by atoms with Crippen LogP contribution in [0.5, 0.6) is 0 Å². The number of nitrogens with one attached hydrogen (secondary N) is 1. The van der Waals surface area contributed by atoms with Crippen molar-refractivity contribution in [3.63, 3.8) is 0 Å². The van der Waals surface area contributed by atoms with Crippen molar-refractivity contribution < 1.29 is 22.4 Å². The van der Waals surface area contributed by atoms with Crippen molar-refractivity contribution >= 4 is 17.3 Å². The molecule has 0 aliphatic carbocycles. The third-order valence-electron chi connectivity index (χ3n) is 6.64. The molecule has 0 unspecified atom stereocenters. The topological polar surface area (TPSA) is 94.0 Å². The van der Waals surface area contributed by atoms with Gasteiger partial charge in [0.25, 0.3) is 5.91 Å². The third-order valence-corrected chi connectivity index (χ3v) is 6.64. The quantitative estimate of drug-likeness (QED) is 0.276. The number of alkyl halides is 3. The van der Waals surface area contributed by atoms with Crippen molar-refractivity contribution in [2.75, 3.05) is 17.3 Å². The average Bonchev–Trinajstić information content (AvgIpc) is 3.66. The molecule has 12 heteroatoms. The van der Waals surface area contributed by atoms with Crippen molar-refractivity contribution in [1.82, 2.24) is 24.8 Å². The predicted octanol–water partition coefficient (Wildman–Crippen LogP) is 5.79. The maximum absolute atomic E-state index is 13.7. The molecule has 0 aliphatic heterocycles. The molecule has 0 fully saturated rings. The van der Waals surface area contributed by atoms with E-state index in [1.165, 1.54) is 12.3 Å². The zero-order valence-electron chi connectivity index (χ0n) is 22.2. The lowest BCUT2D eigenvalue weighted by Gasteiger charge is -2.21. The highest BCUT2D eigenvalue weighted by molar-refractivity contribution is 6.05. The molecule has 3 aromatic heterocycles. The Bertz CT molecular complexity index is 1670. The summed E-state index contributed by atoms with van der Waals surface area (Å²) >= 11 is 0. The number of rotatable bonds is 7. The minimum Gasteiger partial charge on any atom is -0.467 e. The summed E-state index contributed by atoms with van der Waals surface area (Å²) in [5, 5.41) is 15.3. The minimum atomic E-state index is -4.60. The summed E-state index contributed by atoms with van der Waals surface area (Å²) in [5.74, 6) is 0.0243. The van der Waals surface area contributed by atoms with Gasteiger partial charge in [-0.1, -0.05) is 11.3 Å². The van der Waals surface area contributed by atoms with Crippen LogP contribution in [0.4, 0.5) is 24.5 Å². The number of carbonyl (C=O) groups is 1. The molecule has 5 rings (SSSR count). The first-order valence-electron chi connectivity index (χ1n) is 12.3. The van der Waals surface area contributed by atoms with E-state index in [1.807, 2.05) is 20.9 Å². The monoisotopic (exact) mass is 549 g/mol. The van der Waals surface area contributed by atoms with Gasteiger partial charge in [-0.3, -0.25) is 9.48 Å². The predicted molar refractivity (Wildman–Crippen MR) is 143 cm³/mol. The van der Waals surface area contributed by atoms with Gasteiger partial charge in [0.1, 0.15) is 11.5 Å². The molecule has 0 bridgehead atoms. The SMILES string of the molecule is Cc1ccc(C(=O)Nc2cc(N(C)Cc3ccco3)cc(C(F)(F)F)c2)cc1-n1cc(-c2cnn(C)c2C)nn1. The summed E-state index contributed by atoms with van der Waals surface area (Å²) in [6.45, 7) is 4.04. The highest BCUT2D eigenvalue weighted by atomic mass is 19.4. The van der Waals surface area contributed by atoms with E-state index in [-0.39, 0.29) is 23.5 Å². The second kappa shape index (κ2) is 10.4. The van der Waals surface area contributed by atoms with Crippen LogP contribution < -0.4 is 10.2 Å². The zero-order valence-corrected chi connectivity index (χ0v) is 22.2. The Morgan fingerprint density at radius 3 is 2.60 bits per heavy atom. The van der Waals surface area contributed by atoms with E-state index in [2.05, 4.69) is 20.7 Å². The number of halogens is 3. The summed E-state index contributed by atoms with van der Waals surface area (Å²) in [7, 11) is 3.48.